The summed E-state index contributed by atoms with van der Waals surface area (Å²) < 4.78 is 0. The molecule has 1 rings (SSSR count). The molecule has 102 valence electrons. The van der Waals surface area contributed by atoms with Crippen LogP contribution >= 0.6 is 0 Å². The van der Waals surface area contributed by atoms with Crippen molar-refractivity contribution in [1.82, 2.24) is 4.90 Å². The molecule has 0 unspecified atom stereocenters. The molecule has 0 bridgehead atoms. The van der Waals surface area contributed by atoms with Gasteiger partial charge in [-0.3, -0.25) is 0 Å². The van der Waals surface area contributed by atoms with Crippen LogP contribution in [0.25, 0.3) is 0 Å². The Morgan fingerprint density at radius 1 is 1.11 bits per heavy atom. The highest BCUT2D eigenvalue weighted by Gasteiger charge is 2.22. The van der Waals surface area contributed by atoms with E-state index >= 15 is 0 Å². The molecule has 0 N–H and O–H groups in total. The van der Waals surface area contributed by atoms with Crippen LogP contribution in [-0.2, 0) is 12.0 Å². The van der Waals surface area contributed by atoms with Crippen LogP contribution in [0.5, 0.6) is 0 Å². The van der Waals surface area contributed by atoms with Crippen molar-refractivity contribution in [3.05, 3.63) is 34.4 Å². The number of hydrogen-bond donors (Lipinski definition) is 0. The van der Waals surface area contributed by atoms with Crippen molar-refractivity contribution in [2.24, 2.45) is 0 Å². The molecule has 1 nitrogen and oxygen atoms in total. The Hall–Kier alpha value is -0.820. The van der Waals surface area contributed by atoms with Gasteiger partial charge in [-0.15, -0.1) is 0 Å². The molecule has 0 aromatic heterocycles. The van der Waals surface area contributed by atoms with Gasteiger partial charge in [-0.2, -0.15) is 0 Å². The molecule has 0 spiro atoms. The van der Waals surface area contributed by atoms with Crippen molar-refractivity contribution in [1.29, 1.82) is 0 Å². The Bertz CT molecular complexity index is 408. The predicted molar refractivity (Wildman–Crippen MR) is 81.4 cm³/mol. The van der Waals surface area contributed by atoms with E-state index in [0.29, 0.717) is 5.92 Å². The summed E-state index contributed by atoms with van der Waals surface area (Å²) in [6.07, 6.45) is 0. The molecule has 0 saturated carbocycles. The van der Waals surface area contributed by atoms with Crippen molar-refractivity contribution < 1.29 is 0 Å². The Kier molecular flexibility index (Phi) is 4.61. The lowest BCUT2D eigenvalue weighted by Gasteiger charge is -2.28. The molecule has 0 amide bonds. The summed E-state index contributed by atoms with van der Waals surface area (Å²) in [5.74, 6) is 0.583. The first-order valence-electron chi connectivity index (χ1n) is 6.91. The van der Waals surface area contributed by atoms with Gasteiger partial charge in [-0.25, -0.2) is 0 Å². The summed E-state index contributed by atoms with van der Waals surface area (Å²) in [4.78, 5) is 2.23. The van der Waals surface area contributed by atoms with Gasteiger partial charge < -0.3 is 4.90 Å². The summed E-state index contributed by atoms with van der Waals surface area (Å²) in [5, 5.41) is 0. The van der Waals surface area contributed by atoms with E-state index in [1.165, 1.54) is 22.3 Å². The van der Waals surface area contributed by atoms with Crippen molar-refractivity contribution in [3.8, 4) is 0 Å². The fourth-order valence-corrected chi connectivity index (χ4v) is 2.83. The standard InChI is InChI=1S/C17H29N/c1-12(2)15-10-14(11-18(7)8)9-13(3)16(15)17(4,5)6/h9-10,12H,11H2,1-8H3. The lowest BCUT2D eigenvalue weighted by Crippen LogP contribution is -2.18. The summed E-state index contributed by atoms with van der Waals surface area (Å²) >= 11 is 0. The smallest absolute Gasteiger partial charge is 0.0227 e. The fourth-order valence-electron chi connectivity index (χ4n) is 2.83. The lowest BCUT2D eigenvalue weighted by atomic mass is 9.77. The third kappa shape index (κ3) is 3.58. The monoisotopic (exact) mass is 247 g/mol. The molecule has 18 heavy (non-hydrogen) atoms. The first kappa shape index (κ1) is 15.2. The molecule has 0 aliphatic rings. The van der Waals surface area contributed by atoms with Crippen LogP contribution in [-0.4, -0.2) is 19.0 Å². The van der Waals surface area contributed by atoms with Crippen LogP contribution in [0.3, 0.4) is 0 Å². The second kappa shape index (κ2) is 5.44. The first-order valence-corrected chi connectivity index (χ1v) is 6.91. The summed E-state index contributed by atoms with van der Waals surface area (Å²) in [7, 11) is 4.25. The average Bonchev–Trinajstić information content (AvgIpc) is 2.12. The Morgan fingerprint density at radius 2 is 1.67 bits per heavy atom. The van der Waals surface area contributed by atoms with Crippen LogP contribution in [0.2, 0.25) is 0 Å². The molecule has 1 aromatic carbocycles. The number of rotatable bonds is 3. The van der Waals surface area contributed by atoms with E-state index < -0.39 is 0 Å². The minimum absolute atomic E-state index is 0.223. The fraction of sp³-hybridized carbons (Fsp3) is 0.647. The van der Waals surface area contributed by atoms with Gasteiger partial charge in [-0.1, -0.05) is 46.8 Å². The molecule has 0 atom stereocenters. The van der Waals surface area contributed by atoms with Crippen molar-refractivity contribution in [2.45, 2.75) is 59.4 Å². The maximum Gasteiger partial charge on any atom is 0.0227 e. The summed E-state index contributed by atoms with van der Waals surface area (Å²) in [6, 6.07) is 4.75. The SMILES string of the molecule is Cc1cc(CN(C)C)cc(C(C)C)c1C(C)(C)C. The van der Waals surface area contributed by atoms with Crippen LogP contribution in [0.4, 0.5) is 0 Å². The van der Waals surface area contributed by atoms with E-state index in [1.54, 1.807) is 0 Å². The highest BCUT2D eigenvalue weighted by Crippen LogP contribution is 2.34. The number of hydrogen-bond acceptors (Lipinski definition) is 1. The van der Waals surface area contributed by atoms with Gasteiger partial charge in [0.15, 0.2) is 0 Å². The van der Waals surface area contributed by atoms with E-state index in [4.69, 9.17) is 0 Å². The van der Waals surface area contributed by atoms with Crippen molar-refractivity contribution in [3.63, 3.8) is 0 Å². The molecular formula is C17H29N. The second-order valence-corrected chi connectivity index (χ2v) is 7.02. The first-order chi connectivity index (χ1) is 8.12. The van der Waals surface area contributed by atoms with Crippen LogP contribution in [0.15, 0.2) is 12.1 Å². The topological polar surface area (TPSA) is 3.24 Å². The zero-order valence-corrected chi connectivity index (χ0v) is 13.4. The molecule has 0 heterocycles. The largest absolute Gasteiger partial charge is 0.305 e. The Balaban J connectivity index is 3.36. The van der Waals surface area contributed by atoms with Gasteiger partial charge in [0.2, 0.25) is 0 Å². The van der Waals surface area contributed by atoms with E-state index in [1.807, 2.05) is 0 Å². The van der Waals surface area contributed by atoms with Gasteiger partial charge >= 0.3 is 0 Å². The molecule has 1 aromatic rings. The van der Waals surface area contributed by atoms with E-state index in [-0.39, 0.29) is 5.41 Å². The Labute approximate surface area is 113 Å². The second-order valence-electron chi connectivity index (χ2n) is 7.02. The van der Waals surface area contributed by atoms with Gasteiger partial charge in [0.05, 0.1) is 0 Å². The van der Waals surface area contributed by atoms with Gasteiger partial charge in [0.1, 0.15) is 0 Å². The zero-order chi connectivity index (χ0) is 14.1. The van der Waals surface area contributed by atoms with Gasteiger partial charge in [0, 0.05) is 6.54 Å². The molecule has 0 saturated heterocycles. The maximum absolute atomic E-state index is 2.40. The number of aryl methyl sites for hydroxylation is 1. The van der Waals surface area contributed by atoms with Crippen LogP contribution in [0.1, 0.15) is 62.8 Å². The zero-order valence-electron chi connectivity index (χ0n) is 13.4. The molecular weight excluding hydrogens is 218 g/mol. The molecule has 0 aliphatic carbocycles. The van der Waals surface area contributed by atoms with Gasteiger partial charge in [0.25, 0.3) is 0 Å². The highest BCUT2D eigenvalue weighted by atomic mass is 15.0. The maximum atomic E-state index is 2.40. The minimum atomic E-state index is 0.223. The van der Waals surface area contributed by atoms with Gasteiger partial charge in [-0.05, 0) is 54.6 Å². The predicted octanol–water partition coefficient (Wildman–Crippen LogP) is 4.48. The van der Waals surface area contributed by atoms with Crippen LogP contribution in [0, 0.1) is 6.92 Å². The van der Waals surface area contributed by atoms with Crippen molar-refractivity contribution in [2.75, 3.05) is 14.1 Å². The van der Waals surface area contributed by atoms with Crippen LogP contribution < -0.4 is 0 Å². The third-order valence-corrected chi connectivity index (χ3v) is 3.30. The average molecular weight is 247 g/mol. The third-order valence-electron chi connectivity index (χ3n) is 3.30. The van der Waals surface area contributed by atoms with E-state index in [2.05, 4.69) is 72.7 Å². The quantitative estimate of drug-likeness (QED) is 0.761. The molecule has 0 fully saturated rings. The lowest BCUT2D eigenvalue weighted by molar-refractivity contribution is 0.402. The minimum Gasteiger partial charge on any atom is -0.305 e. The summed E-state index contributed by atoms with van der Waals surface area (Å²) in [5.41, 5.74) is 6.12. The number of benzene rings is 1. The van der Waals surface area contributed by atoms with Crippen molar-refractivity contribution >= 4 is 0 Å². The normalized spacial score (nSPS) is 12.6. The van der Waals surface area contributed by atoms with E-state index in [0.717, 1.165) is 6.54 Å². The Morgan fingerprint density at radius 3 is 2.06 bits per heavy atom. The van der Waals surface area contributed by atoms with E-state index in [9.17, 15) is 0 Å². The molecule has 1 heteroatoms. The molecule has 0 radical (unpaired) electrons. The summed E-state index contributed by atoms with van der Waals surface area (Å²) in [6.45, 7) is 14.8. The molecule has 0 aliphatic heterocycles. The highest BCUT2D eigenvalue weighted by molar-refractivity contribution is 5.44. The number of nitrogens with zero attached hydrogens (tertiary/aromatic N) is 1.